The Labute approximate surface area is 130 Å². The quantitative estimate of drug-likeness (QED) is 0.687. The van der Waals surface area contributed by atoms with E-state index in [0.717, 1.165) is 38.0 Å². The van der Waals surface area contributed by atoms with Gasteiger partial charge in [-0.2, -0.15) is 0 Å². The summed E-state index contributed by atoms with van der Waals surface area (Å²) in [6.45, 7) is 12.5. The van der Waals surface area contributed by atoms with E-state index in [1.165, 1.54) is 5.56 Å². The fourth-order valence-corrected chi connectivity index (χ4v) is 3.01. The topological polar surface area (TPSA) is 29.5 Å². The van der Waals surface area contributed by atoms with Gasteiger partial charge in [0.25, 0.3) is 0 Å². The minimum atomic E-state index is 0.178. The molecule has 0 amide bonds. The Morgan fingerprint density at radius 3 is 2.05 bits per heavy atom. The van der Waals surface area contributed by atoms with Crippen LogP contribution in [0.25, 0.3) is 0 Å². The van der Waals surface area contributed by atoms with Gasteiger partial charge in [0.05, 0.1) is 6.61 Å². The van der Waals surface area contributed by atoms with Gasteiger partial charge in [-0.3, -0.25) is 0 Å². The standard InChI is InChI=1S/C19H32O2/c1-18(2,3)15-19(4,5)16-9-11-17(12-10-16)21-14-8-6-7-13-20/h9-12,20H,6-8,13-15H2,1-5H3. The lowest BCUT2D eigenvalue weighted by atomic mass is 9.72. The smallest absolute Gasteiger partial charge is 0.119 e. The Balaban J connectivity index is 2.53. The van der Waals surface area contributed by atoms with Gasteiger partial charge in [0.2, 0.25) is 0 Å². The maximum absolute atomic E-state index is 8.73. The molecular weight excluding hydrogens is 260 g/mol. The van der Waals surface area contributed by atoms with E-state index in [9.17, 15) is 0 Å². The summed E-state index contributed by atoms with van der Waals surface area (Å²) >= 11 is 0. The molecule has 0 bridgehead atoms. The molecule has 0 saturated heterocycles. The van der Waals surface area contributed by atoms with Crippen LogP contribution in [-0.2, 0) is 5.41 Å². The van der Waals surface area contributed by atoms with Crippen molar-refractivity contribution >= 4 is 0 Å². The Bertz CT molecular complexity index is 399. The molecule has 21 heavy (non-hydrogen) atoms. The summed E-state index contributed by atoms with van der Waals surface area (Å²) in [5.41, 5.74) is 1.87. The minimum absolute atomic E-state index is 0.178. The van der Waals surface area contributed by atoms with Crippen LogP contribution in [0.1, 0.15) is 65.9 Å². The van der Waals surface area contributed by atoms with Crippen LogP contribution in [0.4, 0.5) is 0 Å². The van der Waals surface area contributed by atoms with E-state index in [-0.39, 0.29) is 12.0 Å². The summed E-state index contributed by atoms with van der Waals surface area (Å²) in [6.07, 6.45) is 4.04. The highest BCUT2D eigenvalue weighted by molar-refractivity contribution is 5.31. The molecule has 0 aliphatic carbocycles. The number of aliphatic hydroxyl groups excluding tert-OH is 1. The van der Waals surface area contributed by atoms with E-state index in [1.54, 1.807) is 0 Å². The van der Waals surface area contributed by atoms with Crippen molar-refractivity contribution in [1.82, 2.24) is 0 Å². The first-order chi connectivity index (χ1) is 9.74. The monoisotopic (exact) mass is 292 g/mol. The van der Waals surface area contributed by atoms with Crippen LogP contribution < -0.4 is 4.74 Å². The zero-order valence-corrected chi connectivity index (χ0v) is 14.4. The molecule has 0 spiro atoms. The molecule has 1 N–H and O–H groups in total. The van der Waals surface area contributed by atoms with Crippen molar-refractivity contribution in [2.75, 3.05) is 13.2 Å². The molecule has 1 rings (SSSR count). The Morgan fingerprint density at radius 2 is 1.52 bits per heavy atom. The molecule has 0 aliphatic rings. The van der Waals surface area contributed by atoms with E-state index in [4.69, 9.17) is 9.84 Å². The number of hydrogen-bond donors (Lipinski definition) is 1. The Kier molecular flexibility index (Phi) is 6.73. The third-order valence-corrected chi connectivity index (χ3v) is 3.68. The van der Waals surface area contributed by atoms with Crippen LogP contribution in [0.15, 0.2) is 24.3 Å². The molecule has 2 nitrogen and oxygen atoms in total. The second kappa shape index (κ2) is 7.84. The third-order valence-electron chi connectivity index (χ3n) is 3.68. The van der Waals surface area contributed by atoms with Crippen molar-refractivity contribution in [1.29, 1.82) is 0 Å². The van der Waals surface area contributed by atoms with Gasteiger partial charge in [0, 0.05) is 6.61 Å². The van der Waals surface area contributed by atoms with Gasteiger partial charge in [0.1, 0.15) is 5.75 Å². The molecular formula is C19H32O2. The number of unbranched alkanes of at least 4 members (excludes halogenated alkanes) is 2. The van der Waals surface area contributed by atoms with Gasteiger partial charge < -0.3 is 9.84 Å². The highest BCUT2D eigenvalue weighted by atomic mass is 16.5. The summed E-state index contributed by atoms with van der Waals surface area (Å²) in [7, 11) is 0. The van der Waals surface area contributed by atoms with E-state index >= 15 is 0 Å². The van der Waals surface area contributed by atoms with E-state index in [1.807, 2.05) is 0 Å². The molecule has 1 aromatic rings. The van der Waals surface area contributed by atoms with Crippen LogP contribution in [0.2, 0.25) is 0 Å². The second-order valence-electron chi connectivity index (χ2n) is 7.78. The molecule has 0 aromatic heterocycles. The second-order valence-corrected chi connectivity index (χ2v) is 7.78. The first-order valence-electron chi connectivity index (χ1n) is 8.09. The Hall–Kier alpha value is -1.02. The first-order valence-corrected chi connectivity index (χ1v) is 8.09. The van der Waals surface area contributed by atoms with E-state index in [0.29, 0.717) is 5.41 Å². The maximum atomic E-state index is 8.73. The van der Waals surface area contributed by atoms with Gasteiger partial charge in [-0.25, -0.2) is 0 Å². The molecule has 120 valence electrons. The molecule has 1 aromatic carbocycles. The average molecular weight is 292 g/mol. The van der Waals surface area contributed by atoms with Crippen molar-refractivity contribution in [2.24, 2.45) is 5.41 Å². The number of ether oxygens (including phenoxy) is 1. The summed E-state index contributed by atoms with van der Waals surface area (Å²) in [5, 5.41) is 8.73. The van der Waals surface area contributed by atoms with Crippen molar-refractivity contribution in [3.63, 3.8) is 0 Å². The van der Waals surface area contributed by atoms with Gasteiger partial charge in [-0.15, -0.1) is 0 Å². The number of benzene rings is 1. The minimum Gasteiger partial charge on any atom is -0.494 e. The maximum Gasteiger partial charge on any atom is 0.119 e. The summed E-state index contributed by atoms with van der Waals surface area (Å²) < 4.78 is 5.74. The number of aliphatic hydroxyl groups is 1. The van der Waals surface area contributed by atoms with Crippen molar-refractivity contribution in [3.05, 3.63) is 29.8 Å². The summed E-state index contributed by atoms with van der Waals surface area (Å²) in [4.78, 5) is 0. The fraction of sp³-hybridized carbons (Fsp3) is 0.684. The Morgan fingerprint density at radius 1 is 0.905 bits per heavy atom. The van der Waals surface area contributed by atoms with Crippen LogP contribution >= 0.6 is 0 Å². The van der Waals surface area contributed by atoms with Gasteiger partial charge in [0.15, 0.2) is 0 Å². The predicted molar refractivity (Wildman–Crippen MR) is 90.0 cm³/mol. The third kappa shape index (κ3) is 6.99. The zero-order chi connectivity index (χ0) is 15.9. The van der Waals surface area contributed by atoms with Crippen molar-refractivity contribution < 1.29 is 9.84 Å². The van der Waals surface area contributed by atoms with Crippen LogP contribution in [0.3, 0.4) is 0 Å². The van der Waals surface area contributed by atoms with E-state index < -0.39 is 0 Å². The lowest BCUT2D eigenvalue weighted by Gasteiger charge is -2.33. The molecule has 0 fully saturated rings. The van der Waals surface area contributed by atoms with Gasteiger partial charge in [-0.05, 0) is 54.2 Å². The largest absolute Gasteiger partial charge is 0.494 e. The van der Waals surface area contributed by atoms with Crippen LogP contribution in [-0.4, -0.2) is 18.3 Å². The molecule has 0 atom stereocenters. The first kappa shape index (κ1) is 18.0. The van der Waals surface area contributed by atoms with Crippen LogP contribution in [0, 0.1) is 5.41 Å². The normalized spacial score (nSPS) is 12.5. The van der Waals surface area contributed by atoms with Gasteiger partial charge >= 0.3 is 0 Å². The number of hydrogen-bond acceptors (Lipinski definition) is 2. The summed E-state index contributed by atoms with van der Waals surface area (Å²) in [6, 6.07) is 8.53. The van der Waals surface area contributed by atoms with Gasteiger partial charge in [-0.1, -0.05) is 46.8 Å². The molecule has 0 unspecified atom stereocenters. The average Bonchev–Trinajstić information content (AvgIpc) is 2.36. The van der Waals surface area contributed by atoms with Crippen molar-refractivity contribution in [2.45, 2.75) is 65.7 Å². The molecule has 0 radical (unpaired) electrons. The SMILES string of the molecule is CC(C)(C)CC(C)(C)c1ccc(OCCCCCO)cc1. The fourth-order valence-electron chi connectivity index (χ4n) is 3.01. The summed E-state index contributed by atoms with van der Waals surface area (Å²) in [5.74, 6) is 0.939. The predicted octanol–water partition coefficient (Wildman–Crippen LogP) is 4.94. The van der Waals surface area contributed by atoms with Crippen molar-refractivity contribution in [3.8, 4) is 5.75 Å². The molecule has 0 aliphatic heterocycles. The van der Waals surface area contributed by atoms with E-state index in [2.05, 4.69) is 58.9 Å². The molecule has 2 heteroatoms. The molecule has 0 heterocycles. The lowest BCUT2D eigenvalue weighted by molar-refractivity contribution is 0.266. The zero-order valence-electron chi connectivity index (χ0n) is 14.4. The highest BCUT2D eigenvalue weighted by Crippen LogP contribution is 2.36. The van der Waals surface area contributed by atoms with Crippen LogP contribution in [0.5, 0.6) is 5.75 Å². The number of rotatable bonds is 8. The highest BCUT2D eigenvalue weighted by Gasteiger charge is 2.27. The lowest BCUT2D eigenvalue weighted by Crippen LogP contribution is -2.24. The molecule has 0 saturated carbocycles.